The minimum Gasteiger partial charge on any atom is -0.480 e. The predicted octanol–water partition coefficient (Wildman–Crippen LogP) is 2.57. The standard InChI is InChI=1S/C17H22N2O3/c1-4-11(2)16(17(21)22)18-15(20)10-19-12(3)9-13-7-5-6-8-14(13)19/h5-9,11,16H,4,10H2,1-3H3,(H,18,20)(H,21,22). The van der Waals surface area contributed by atoms with Crippen LogP contribution in [0.3, 0.4) is 0 Å². The molecule has 0 aliphatic rings. The van der Waals surface area contributed by atoms with Crippen molar-refractivity contribution in [2.24, 2.45) is 5.92 Å². The largest absolute Gasteiger partial charge is 0.480 e. The Labute approximate surface area is 129 Å². The van der Waals surface area contributed by atoms with E-state index in [0.717, 1.165) is 16.6 Å². The fourth-order valence-corrected chi connectivity index (χ4v) is 2.60. The van der Waals surface area contributed by atoms with E-state index < -0.39 is 12.0 Å². The average Bonchev–Trinajstić information content (AvgIpc) is 2.80. The quantitative estimate of drug-likeness (QED) is 0.861. The van der Waals surface area contributed by atoms with E-state index in [2.05, 4.69) is 5.32 Å². The zero-order valence-corrected chi connectivity index (χ0v) is 13.2. The van der Waals surface area contributed by atoms with Crippen LogP contribution in [0.1, 0.15) is 26.0 Å². The highest BCUT2D eigenvalue weighted by Gasteiger charge is 2.25. The second kappa shape index (κ2) is 6.64. The van der Waals surface area contributed by atoms with E-state index in [1.807, 2.05) is 55.7 Å². The molecule has 2 rings (SSSR count). The van der Waals surface area contributed by atoms with Gasteiger partial charge < -0.3 is 15.0 Å². The molecule has 1 aromatic heterocycles. The van der Waals surface area contributed by atoms with Crippen molar-refractivity contribution in [2.45, 2.75) is 39.8 Å². The second-order valence-corrected chi connectivity index (χ2v) is 5.70. The lowest BCUT2D eigenvalue weighted by Crippen LogP contribution is -2.46. The van der Waals surface area contributed by atoms with Crippen molar-refractivity contribution in [3.63, 3.8) is 0 Å². The molecule has 2 N–H and O–H groups in total. The minimum absolute atomic E-state index is 0.107. The second-order valence-electron chi connectivity index (χ2n) is 5.70. The first-order chi connectivity index (χ1) is 10.4. The molecule has 0 radical (unpaired) electrons. The highest BCUT2D eigenvalue weighted by Crippen LogP contribution is 2.19. The smallest absolute Gasteiger partial charge is 0.326 e. The summed E-state index contributed by atoms with van der Waals surface area (Å²) in [6.07, 6.45) is 0.697. The number of carbonyl (C=O) groups excluding carboxylic acids is 1. The van der Waals surface area contributed by atoms with Gasteiger partial charge in [-0.3, -0.25) is 4.79 Å². The van der Waals surface area contributed by atoms with Crippen LogP contribution in [-0.2, 0) is 16.1 Å². The lowest BCUT2D eigenvalue weighted by molar-refractivity contribution is -0.143. The van der Waals surface area contributed by atoms with E-state index in [9.17, 15) is 14.7 Å². The van der Waals surface area contributed by atoms with Crippen molar-refractivity contribution in [2.75, 3.05) is 0 Å². The third kappa shape index (κ3) is 3.30. The molecule has 0 aliphatic carbocycles. The number of aliphatic carboxylic acids is 1. The molecule has 5 heteroatoms. The Morgan fingerprint density at radius 1 is 1.32 bits per heavy atom. The van der Waals surface area contributed by atoms with Gasteiger partial charge in [0.05, 0.1) is 0 Å². The number of hydrogen-bond donors (Lipinski definition) is 2. The number of rotatable bonds is 6. The van der Waals surface area contributed by atoms with Gasteiger partial charge in [-0.05, 0) is 30.4 Å². The highest BCUT2D eigenvalue weighted by molar-refractivity contribution is 5.86. The van der Waals surface area contributed by atoms with Gasteiger partial charge in [0.25, 0.3) is 0 Å². The monoisotopic (exact) mass is 302 g/mol. The van der Waals surface area contributed by atoms with Crippen LogP contribution in [-0.4, -0.2) is 27.6 Å². The number of fused-ring (bicyclic) bond motifs is 1. The van der Waals surface area contributed by atoms with Gasteiger partial charge in [-0.25, -0.2) is 4.79 Å². The Balaban J connectivity index is 2.17. The van der Waals surface area contributed by atoms with E-state index in [-0.39, 0.29) is 18.4 Å². The normalized spacial score (nSPS) is 13.8. The Kier molecular flexibility index (Phi) is 4.85. The summed E-state index contributed by atoms with van der Waals surface area (Å²) in [6, 6.07) is 9.01. The SMILES string of the molecule is CCC(C)C(NC(=O)Cn1c(C)cc2ccccc21)C(=O)O. The number of aromatic nitrogens is 1. The number of para-hydroxylation sites is 1. The molecule has 0 fully saturated rings. The number of carboxylic acids is 1. The lowest BCUT2D eigenvalue weighted by Gasteiger charge is -2.20. The Morgan fingerprint density at radius 3 is 2.64 bits per heavy atom. The summed E-state index contributed by atoms with van der Waals surface area (Å²) in [5.74, 6) is -1.38. The molecule has 118 valence electrons. The molecule has 0 saturated carbocycles. The third-order valence-electron chi connectivity index (χ3n) is 4.11. The molecule has 1 aromatic carbocycles. The zero-order valence-electron chi connectivity index (χ0n) is 13.2. The maximum atomic E-state index is 12.2. The number of nitrogens with zero attached hydrogens (tertiary/aromatic N) is 1. The predicted molar refractivity (Wildman–Crippen MR) is 85.7 cm³/mol. The Morgan fingerprint density at radius 2 is 2.00 bits per heavy atom. The van der Waals surface area contributed by atoms with Crippen LogP contribution in [0.25, 0.3) is 10.9 Å². The molecular weight excluding hydrogens is 280 g/mol. The first-order valence-electron chi connectivity index (χ1n) is 7.51. The first-order valence-corrected chi connectivity index (χ1v) is 7.51. The van der Waals surface area contributed by atoms with Crippen LogP contribution in [0.2, 0.25) is 0 Å². The lowest BCUT2D eigenvalue weighted by atomic mass is 9.99. The van der Waals surface area contributed by atoms with Gasteiger partial charge >= 0.3 is 5.97 Å². The minimum atomic E-state index is -0.989. The summed E-state index contributed by atoms with van der Waals surface area (Å²) in [5.41, 5.74) is 1.96. The third-order valence-corrected chi connectivity index (χ3v) is 4.11. The molecular formula is C17H22N2O3. The first kappa shape index (κ1) is 16.1. The van der Waals surface area contributed by atoms with Gasteiger partial charge in [0.15, 0.2) is 0 Å². The number of nitrogens with one attached hydrogen (secondary N) is 1. The van der Waals surface area contributed by atoms with Crippen molar-refractivity contribution in [3.8, 4) is 0 Å². The highest BCUT2D eigenvalue weighted by atomic mass is 16.4. The van der Waals surface area contributed by atoms with Crippen molar-refractivity contribution in [1.29, 1.82) is 0 Å². The van der Waals surface area contributed by atoms with Gasteiger partial charge in [-0.1, -0.05) is 38.5 Å². The molecule has 5 nitrogen and oxygen atoms in total. The summed E-state index contributed by atoms with van der Waals surface area (Å²) in [4.78, 5) is 23.5. The number of aryl methyl sites for hydroxylation is 1. The number of carbonyl (C=O) groups is 2. The van der Waals surface area contributed by atoms with Crippen molar-refractivity contribution >= 4 is 22.8 Å². The fraction of sp³-hybridized carbons (Fsp3) is 0.412. The van der Waals surface area contributed by atoms with Gasteiger partial charge in [-0.2, -0.15) is 0 Å². The van der Waals surface area contributed by atoms with Crippen LogP contribution in [0.4, 0.5) is 0 Å². The van der Waals surface area contributed by atoms with Crippen LogP contribution in [0, 0.1) is 12.8 Å². The van der Waals surface area contributed by atoms with E-state index in [1.165, 1.54) is 0 Å². The summed E-state index contributed by atoms with van der Waals surface area (Å²) < 4.78 is 1.90. The van der Waals surface area contributed by atoms with Gasteiger partial charge in [0.1, 0.15) is 12.6 Å². The van der Waals surface area contributed by atoms with Gasteiger partial charge in [0, 0.05) is 11.2 Å². The van der Waals surface area contributed by atoms with Crippen LogP contribution >= 0.6 is 0 Å². The summed E-state index contributed by atoms with van der Waals surface area (Å²) in [7, 11) is 0. The van der Waals surface area contributed by atoms with Crippen LogP contribution in [0.5, 0.6) is 0 Å². The van der Waals surface area contributed by atoms with Gasteiger partial charge in [0.2, 0.25) is 5.91 Å². The molecule has 1 amide bonds. The average molecular weight is 302 g/mol. The maximum absolute atomic E-state index is 12.2. The Bertz CT molecular complexity index is 690. The Hall–Kier alpha value is -2.30. The van der Waals surface area contributed by atoms with Crippen molar-refractivity contribution < 1.29 is 14.7 Å². The molecule has 2 aromatic rings. The number of amides is 1. The molecule has 1 heterocycles. The van der Waals surface area contributed by atoms with Crippen molar-refractivity contribution in [1.82, 2.24) is 9.88 Å². The van der Waals surface area contributed by atoms with E-state index in [0.29, 0.717) is 6.42 Å². The van der Waals surface area contributed by atoms with Crippen LogP contribution in [0.15, 0.2) is 30.3 Å². The van der Waals surface area contributed by atoms with E-state index in [4.69, 9.17) is 0 Å². The molecule has 0 saturated heterocycles. The van der Waals surface area contributed by atoms with E-state index >= 15 is 0 Å². The van der Waals surface area contributed by atoms with Crippen molar-refractivity contribution in [3.05, 3.63) is 36.0 Å². The molecule has 0 aliphatic heterocycles. The molecule has 0 bridgehead atoms. The fourth-order valence-electron chi connectivity index (χ4n) is 2.60. The number of hydrogen-bond acceptors (Lipinski definition) is 2. The molecule has 22 heavy (non-hydrogen) atoms. The topological polar surface area (TPSA) is 71.3 Å². The molecule has 2 atom stereocenters. The number of benzene rings is 1. The summed E-state index contributed by atoms with van der Waals surface area (Å²) in [5, 5.41) is 13.0. The maximum Gasteiger partial charge on any atom is 0.326 e. The van der Waals surface area contributed by atoms with E-state index in [1.54, 1.807) is 0 Å². The number of carboxylic acid groups (broad SMARTS) is 1. The van der Waals surface area contributed by atoms with Crippen LogP contribution < -0.4 is 5.32 Å². The zero-order chi connectivity index (χ0) is 16.3. The molecule has 0 spiro atoms. The molecule has 2 unspecified atom stereocenters. The summed E-state index contributed by atoms with van der Waals surface area (Å²) in [6.45, 7) is 5.81. The van der Waals surface area contributed by atoms with Gasteiger partial charge in [-0.15, -0.1) is 0 Å². The summed E-state index contributed by atoms with van der Waals surface area (Å²) >= 11 is 0.